The first-order valence-corrected chi connectivity index (χ1v) is 8.02. The SMILES string of the molecule is CCCC(N)C(=O)N1CCN(C(=O)c2ccc([N+](=O)[O-])cc2)CC1. The number of nitro groups is 1. The largest absolute Gasteiger partial charge is 0.338 e. The van der Waals surface area contributed by atoms with Gasteiger partial charge in [0.05, 0.1) is 11.0 Å². The average Bonchev–Trinajstić information content (AvgIpc) is 2.61. The molecule has 1 fully saturated rings. The van der Waals surface area contributed by atoms with Crippen molar-refractivity contribution in [3.05, 3.63) is 39.9 Å². The van der Waals surface area contributed by atoms with Crippen LogP contribution in [0.1, 0.15) is 30.1 Å². The molecule has 24 heavy (non-hydrogen) atoms. The fourth-order valence-corrected chi connectivity index (χ4v) is 2.71. The number of benzene rings is 1. The summed E-state index contributed by atoms with van der Waals surface area (Å²) >= 11 is 0. The summed E-state index contributed by atoms with van der Waals surface area (Å²) in [5.41, 5.74) is 6.21. The van der Waals surface area contributed by atoms with Crippen molar-refractivity contribution in [2.75, 3.05) is 26.2 Å². The van der Waals surface area contributed by atoms with Crippen LogP contribution >= 0.6 is 0 Å². The van der Waals surface area contributed by atoms with E-state index in [1.807, 2.05) is 6.92 Å². The summed E-state index contributed by atoms with van der Waals surface area (Å²) in [5.74, 6) is -0.255. The molecule has 1 unspecified atom stereocenters. The summed E-state index contributed by atoms with van der Waals surface area (Å²) in [6.07, 6.45) is 1.51. The highest BCUT2D eigenvalue weighted by Gasteiger charge is 2.27. The highest BCUT2D eigenvalue weighted by molar-refractivity contribution is 5.94. The van der Waals surface area contributed by atoms with E-state index in [-0.39, 0.29) is 17.5 Å². The standard InChI is InChI=1S/C16H22N4O4/c1-2-3-14(17)16(22)19-10-8-18(9-11-19)15(21)12-4-6-13(7-5-12)20(23)24/h4-7,14H,2-3,8-11,17H2,1H3. The lowest BCUT2D eigenvalue weighted by Crippen LogP contribution is -2.54. The molecule has 0 aliphatic carbocycles. The number of amides is 2. The zero-order valence-corrected chi connectivity index (χ0v) is 13.7. The summed E-state index contributed by atoms with van der Waals surface area (Å²) in [5, 5.41) is 10.6. The number of rotatable bonds is 5. The quantitative estimate of drug-likeness (QED) is 0.638. The first kappa shape index (κ1) is 17.9. The van der Waals surface area contributed by atoms with Gasteiger partial charge < -0.3 is 15.5 Å². The molecule has 2 amide bonds. The Bertz CT molecular complexity index is 609. The van der Waals surface area contributed by atoms with Crippen molar-refractivity contribution in [2.24, 2.45) is 5.73 Å². The van der Waals surface area contributed by atoms with E-state index in [1.165, 1.54) is 24.3 Å². The van der Waals surface area contributed by atoms with Gasteiger partial charge in [-0.3, -0.25) is 19.7 Å². The van der Waals surface area contributed by atoms with E-state index in [9.17, 15) is 19.7 Å². The molecule has 1 saturated heterocycles. The van der Waals surface area contributed by atoms with Crippen LogP contribution in [0.4, 0.5) is 5.69 Å². The topological polar surface area (TPSA) is 110 Å². The number of non-ortho nitro benzene ring substituents is 1. The Balaban J connectivity index is 1.93. The molecule has 0 saturated carbocycles. The smallest absolute Gasteiger partial charge is 0.269 e. The van der Waals surface area contributed by atoms with Crippen molar-refractivity contribution in [3.63, 3.8) is 0 Å². The van der Waals surface area contributed by atoms with Crippen molar-refractivity contribution in [1.29, 1.82) is 0 Å². The molecule has 2 N–H and O–H groups in total. The van der Waals surface area contributed by atoms with Gasteiger partial charge in [-0.05, 0) is 18.6 Å². The lowest BCUT2D eigenvalue weighted by Gasteiger charge is -2.36. The zero-order chi connectivity index (χ0) is 17.7. The van der Waals surface area contributed by atoms with E-state index in [1.54, 1.807) is 9.80 Å². The molecule has 0 spiro atoms. The molecule has 0 radical (unpaired) electrons. The third-order valence-corrected chi connectivity index (χ3v) is 4.12. The Morgan fingerprint density at radius 3 is 2.21 bits per heavy atom. The predicted molar refractivity (Wildman–Crippen MR) is 88.5 cm³/mol. The highest BCUT2D eigenvalue weighted by atomic mass is 16.6. The predicted octanol–water partition coefficient (Wildman–Crippen LogP) is 1.01. The Morgan fingerprint density at radius 2 is 1.71 bits per heavy atom. The Morgan fingerprint density at radius 1 is 1.17 bits per heavy atom. The van der Waals surface area contributed by atoms with E-state index in [4.69, 9.17) is 5.73 Å². The minimum Gasteiger partial charge on any atom is -0.338 e. The van der Waals surface area contributed by atoms with E-state index < -0.39 is 11.0 Å². The molecule has 8 heteroatoms. The molecule has 1 heterocycles. The van der Waals surface area contributed by atoms with Gasteiger partial charge >= 0.3 is 0 Å². The van der Waals surface area contributed by atoms with Gasteiger partial charge in [-0.1, -0.05) is 13.3 Å². The van der Waals surface area contributed by atoms with Gasteiger partial charge in [0.15, 0.2) is 0 Å². The van der Waals surface area contributed by atoms with Crippen LogP contribution in [0.5, 0.6) is 0 Å². The van der Waals surface area contributed by atoms with Crippen molar-refractivity contribution in [3.8, 4) is 0 Å². The Kier molecular flexibility index (Phi) is 5.86. The number of hydrogen-bond acceptors (Lipinski definition) is 5. The number of piperazine rings is 1. The Hall–Kier alpha value is -2.48. The second kappa shape index (κ2) is 7.87. The third kappa shape index (κ3) is 4.08. The third-order valence-electron chi connectivity index (χ3n) is 4.12. The van der Waals surface area contributed by atoms with Gasteiger partial charge in [-0.15, -0.1) is 0 Å². The molecule has 1 aromatic rings. The molecule has 1 aliphatic heterocycles. The van der Waals surface area contributed by atoms with Crippen molar-refractivity contribution < 1.29 is 14.5 Å². The normalized spacial score (nSPS) is 15.9. The van der Waals surface area contributed by atoms with Gasteiger partial charge in [0, 0.05) is 43.9 Å². The van der Waals surface area contributed by atoms with E-state index in [2.05, 4.69) is 0 Å². The summed E-state index contributed by atoms with van der Waals surface area (Å²) in [6, 6.07) is 5.06. The number of hydrogen-bond donors (Lipinski definition) is 1. The van der Waals surface area contributed by atoms with E-state index >= 15 is 0 Å². The Labute approximate surface area is 140 Å². The van der Waals surface area contributed by atoms with Gasteiger partial charge in [-0.25, -0.2) is 0 Å². The van der Waals surface area contributed by atoms with Crippen LogP contribution in [0.3, 0.4) is 0 Å². The molecule has 130 valence electrons. The van der Waals surface area contributed by atoms with Crippen molar-refractivity contribution in [1.82, 2.24) is 9.80 Å². The zero-order valence-electron chi connectivity index (χ0n) is 13.7. The van der Waals surface area contributed by atoms with Gasteiger partial charge in [0.25, 0.3) is 11.6 Å². The second-order valence-electron chi connectivity index (χ2n) is 5.82. The maximum Gasteiger partial charge on any atom is 0.269 e. The second-order valence-corrected chi connectivity index (χ2v) is 5.82. The number of nitro benzene ring substituents is 1. The maximum absolute atomic E-state index is 12.4. The molecular formula is C16H22N4O4. The van der Waals surface area contributed by atoms with Crippen LogP contribution in [0, 0.1) is 10.1 Å². The van der Waals surface area contributed by atoms with Crippen LogP contribution in [0.2, 0.25) is 0 Å². The van der Waals surface area contributed by atoms with Crippen molar-refractivity contribution >= 4 is 17.5 Å². The lowest BCUT2D eigenvalue weighted by atomic mass is 10.1. The van der Waals surface area contributed by atoms with Gasteiger partial charge in [0.2, 0.25) is 5.91 Å². The van der Waals surface area contributed by atoms with E-state index in [0.717, 1.165) is 6.42 Å². The molecule has 1 aliphatic rings. The first-order valence-electron chi connectivity index (χ1n) is 8.02. The average molecular weight is 334 g/mol. The molecule has 1 atom stereocenters. The minimum absolute atomic E-state index is 0.0492. The number of carbonyl (C=O) groups excluding carboxylic acids is 2. The molecule has 0 bridgehead atoms. The highest BCUT2D eigenvalue weighted by Crippen LogP contribution is 2.15. The van der Waals surface area contributed by atoms with Crippen LogP contribution in [0.15, 0.2) is 24.3 Å². The number of nitrogens with zero attached hydrogens (tertiary/aromatic N) is 3. The van der Waals surface area contributed by atoms with Crippen LogP contribution in [-0.4, -0.2) is 58.8 Å². The number of carbonyl (C=O) groups is 2. The number of nitrogens with two attached hydrogens (primary N) is 1. The van der Waals surface area contributed by atoms with Gasteiger partial charge in [-0.2, -0.15) is 0 Å². The lowest BCUT2D eigenvalue weighted by molar-refractivity contribution is -0.384. The van der Waals surface area contributed by atoms with E-state index in [0.29, 0.717) is 38.2 Å². The van der Waals surface area contributed by atoms with Crippen molar-refractivity contribution in [2.45, 2.75) is 25.8 Å². The monoisotopic (exact) mass is 334 g/mol. The first-order chi connectivity index (χ1) is 11.4. The summed E-state index contributed by atoms with van der Waals surface area (Å²) in [6.45, 7) is 3.75. The fourth-order valence-electron chi connectivity index (χ4n) is 2.71. The fraction of sp³-hybridized carbons (Fsp3) is 0.500. The maximum atomic E-state index is 12.4. The molecule has 1 aromatic carbocycles. The molecule has 2 rings (SSSR count). The van der Waals surface area contributed by atoms with Gasteiger partial charge in [0.1, 0.15) is 0 Å². The summed E-state index contributed by atoms with van der Waals surface area (Å²) < 4.78 is 0. The molecular weight excluding hydrogens is 312 g/mol. The van der Waals surface area contributed by atoms with Crippen LogP contribution < -0.4 is 5.73 Å². The summed E-state index contributed by atoms with van der Waals surface area (Å²) in [4.78, 5) is 38.1. The molecule has 8 nitrogen and oxygen atoms in total. The summed E-state index contributed by atoms with van der Waals surface area (Å²) in [7, 11) is 0. The minimum atomic E-state index is -0.502. The molecule has 0 aromatic heterocycles. The van der Waals surface area contributed by atoms with Crippen LogP contribution in [0.25, 0.3) is 0 Å². The van der Waals surface area contributed by atoms with Crippen LogP contribution in [-0.2, 0) is 4.79 Å².